The number of nitrogens with one attached hydrogen (secondary N) is 1. The SMILES string of the molecule is Cc1cc(C(CCCC2CCC(c3ccccc3)CC2)c2cc(N)nc3n[nH]nc23)ccn1. The summed E-state index contributed by atoms with van der Waals surface area (Å²) in [5, 5.41) is 11.3. The van der Waals surface area contributed by atoms with Crippen LogP contribution in [0.4, 0.5) is 5.82 Å². The molecule has 5 rings (SSSR count). The molecule has 0 aliphatic heterocycles. The van der Waals surface area contributed by atoms with Crippen molar-refractivity contribution in [3.63, 3.8) is 0 Å². The lowest BCUT2D eigenvalue weighted by molar-refractivity contribution is 0.301. The van der Waals surface area contributed by atoms with E-state index in [0.717, 1.165) is 35.0 Å². The number of nitrogens with zero attached hydrogens (tertiary/aromatic N) is 4. The van der Waals surface area contributed by atoms with Gasteiger partial charge in [-0.05, 0) is 85.8 Å². The quantitative estimate of drug-likeness (QED) is 0.372. The summed E-state index contributed by atoms with van der Waals surface area (Å²) >= 11 is 0. The first-order chi connectivity index (χ1) is 16.2. The molecule has 3 heterocycles. The van der Waals surface area contributed by atoms with Gasteiger partial charge in [0, 0.05) is 17.8 Å². The number of aromatic amines is 1. The van der Waals surface area contributed by atoms with E-state index in [1.807, 2.05) is 19.2 Å². The predicted molar refractivity (Wildman–Crippen MR) is 132 cm³/mol. The van der Waals surface area contributed by atoms with Crippen LogP contribution < -0.4 is 5.73 Å². The third kappa shape index (κ3) is 4.90. The van der Waals surface area contributed by atoms with E-state index in [4.69, 9.17) is 5.73 Å². The number of aryl methyl sites for hydroxylation is 1. The summed E-state index contributed by atoms with van der Waals surface area (Å²) in [5.41, 5.74) is 12.4. The third-order valence-electron chi connectivity index (χ3n) is 7.26. The van der Waals surface area contributed by atoms with Gasteiger partial charge < -0.3 is 5.73 Å². The maximum absolute atomic E-state index is 6.13. The van der Waals surface area contributed by atoms with Crippen molar-refractivity contribution < 1.29 is 0 Å². The molecule has 6 heteroatoms. The van der Waals surface area contributed by atoms with Crippen LogP contribution in [-0.2, 0) is 0 Å². The largest absolute Gasteiger partial charge is 0.384 e. The number of H-pyrrole nitrogens is 1. The second-order valence-electron chi connectivity index (χ2n) is 9.47. The van der Waals surface area contributed by atoms with Crippen LogP contribution in [0, 0.1) is 12.8 Å². The molecule has 1 aliphatic carbocycles. The molecule has 3 aromatic heterocycles. The lowest BCUT2D eigenvalue weighted by Gasteiger charge is -2.29. The van der Waals surface area contributed by atoms with Crippen LogP contribution >= 0.6 is 0 Å². The molecule has 1 aliphatic rings. The Morgan fingerprint density at radius 3 is 2.64 bits per heavy atom. The Morgan fingerprint density at radius 2 is 1.85 bits per heavy atom. The van der Waals surface area contributed by atoms with Crippen LogP contribution in [0.5, 0.6) is 0 Å². The van der Waals surface area contributed by atoms with Gasteiger partial charge in [-0.15, -0.1) is 5.10 Å². The number of nitrogens with two attached hydrogens (primary N) is 1. The number of aromatic nitrogens is 5. The Bertz CT molecular complexity index is 1190. The highest BCUT2D eigenvalue weighted by Gasteiger charge is 2.24. The molecule has 170 valence electrons. The Kier molecular flexibility index (Phi) is 6.33. The van der Waals surface area contributed by atoms with E-state index < -0.39 is 0 Å². The molecule has 4 aromatic rings. The minimum absolute atomic E-state index is 0.199. The van der Waals surface area contributed by atoms with Gasteiger partial charge in [-0.25, -0.2) is 4.98 Å². The molecule has 1 fully saturated rings. The van der Waals surface area contributed by atoms with Crippen LogP contribution in [0.25, 0.3) is 11.2 Å². The van der Waals surface area contributed by atoms with Gasteiger partial charge in [-0.2, -0.15) is 10.3 Å². The smallest absolute Gasteiger partial charge is 0.203 e. The van der Waals surface area contributed by atoms with Crippen molar-refractivity contribution in [2.45, 2.75) is 63.7 Å². The van der Waals surface area contributed by atoms with E-state index >= 15 is 0 Å². The van der Waals surface area contributed by atoms with Gasteiger partial charge in [0.25, 0.3) is 0 Å². The number of anilines is 1. The van der Waals surface area contributed by atoms with E-state index in [1.165, 1.54) is 49.7 Å². The van der Waals surface area contributed by atoms with E-state index in [-0.39, 0.29) is 5.92 Å². The van der Waals surface area contributed by atoms with Gasteiger partial charge in [0.05, 0.1) is 0 Å². The standard InChI is InChI=1S/C27H32N6/c1-18-16-22(14-15-29-18)23(24-17-25(28)30-27-26(24)31-33-32-27)9-5-6-19-10-12-21(13-11-19)20-7-3-2-4-8-20/h2-4,7-8,14-17,19,21,23H,5-6,9-13H2,1H3,(H3,28,30,31,32,33). The minimum Gasteiger partial charge on any atom is -0.384 e. The molecule has 0 saturated heterocycles. The first kappa shape index (κ1) is 21.6. The number of pyridine rings is 2. The zero-order valence-corrected chi connectivity index (χ0v) is 19.2. The maximum Gasteiger partial charge on any atom is 0.203 e. The molecule has 0 spiro atoms. The molecule has 0 bridgehead atoms. The van der Waals surface area contributed by atoms with Gasteiger partial charge in [0.2, 0.25) is 5.65 Å². The topological polar surface area (TPSA) is 93.4 Å². The molecule has 1 aromatic carbocycles. The van der Waals surface area contributed by atoms with Gasteiger partial charge in [-0.3, -0.25) is 4.98 Å². The Labute approximate surface area is 195 Å². The molecule has 0 radical (unpaired) electrons. The van der Waals surface area contributed by atoms with Crippen molar-refractivity contribution in [3.8, 4) is 0 Å². The predicted octanol–water partition coefficient (Wildman–Crippen LogP) is 5.91. The average molecular weight is 441 g/mol. The number of rotatable bonds is 7. The number of fused-ring (bicyclic) bond motifs is 1. The van der Waals surface area contributed by atoms with Crippen LogP contribution in [0.15, 0.2) is 54.7 Å². The number of hydrogen-bond acceptors (Lipinski definition) is 5. The monoisotopic (exact) mass is 440 g/mol. The van der Waals surface area contributed by atoms with Crippen molar-refractivity contribution in [3.05, 3.63) is 77.1 Å². The molecule has 3 N–H and O–H groups in total. The van der Waals surface area contributed by atoms with Crippen LogP contribution in [0.3, 0.4) is 0 Å². The fourth-order valence-corrected chi connectivity index (χ4v) is 5.55. The summed E-state index contributed by atoms with van der Waals surface area (Å²) in [5.74, 6) is 2.24. The molecule has 1 atom stereocenters. The summed E-state index contributed by atoms with van der Waals surface area (Å²) in [4.78, 5) is 8.74. The molecule has 1 unspecified atom stereocenters. The molecule has 0 amide bonds. The normalized spacial score (nSPS) is 19.5. The Hall–Kier alpha value is -3.28. The Balaban J connectivity index is 1.28. The van der Waals surface area contributed by atoms with Gasteiger partial charge in [0.1, 0.15) is 11.3 Å². The van der Waals surface area contributed by atoms with Crippen LogP contribution in [0.1, 0.15) is 79.2 Å². The van der Waals surface area contributed by atoms with Crippen molar-refractivity contribution in [1.82, 2.24) is 25.4 Å². The second kappa shape index (κ2) is 9.69. The minimum atomic E-state index is 0.199. The molecular weight excluding hydrogens is 408 g/mol. The number of benzene rings is 1. The molecule has 6 nitrogen and oxygen atoms in total. The van der Waals surface area contributed by atoms with E-state index in [1.54, 1.807) is 0 Å². The second-order valence-corrected chi connectivity index (χ2v) is 9.47. The first-order valence-corrected chi connectivity index (χ1v) is 12.1. The summed E-state index contributed by atoms with van der Waals surface area (Å²) in [6.07, 6.45) is 10.7. The van der Waals surface area contributed by atoms with Crippen molar-refractivity contribution in [1.29, 1.82) is 0 Å². The lowest BCUT2D eigenvalue weighted by Crippen LogP contribution is -2.14. The summed E-state index contributed by atoms with van der Waals surface area (Å²) in [6.45, 7) is 2.04. The van der Waals surface area contributed by atoms with E-state index in [2.05, 4.69) is 67.8 Å². The van der Waals surface area contributed by atoms with E-state index in [0.29, 0.717) is 11.5 Å². The first-order valence-electron chi connectivity index (χ1n) is 12.1. The fourth-order valence-electron chi connectivity index (χ4n) is 5.55. The zero-order valence-electron chi connectivity index (χ0n) is 19.2. The van der Waals surface area contributed by atoms with Crippen molar-refractivity contribution in [2.75, 3.05) is 5.73 Å². The summed E-state index contributed by atoms with van der Waals surface area (Å²) < 4.78 is 0. The van der Waals surface area contributed by atoms with E-state index in [9.17, 15) is 0 Å². The summed E-state index contributed by atoms with van der Waals surface area (Å²) in [7, 11) is 0. The Morgan fingerprint density at radius 1 is 1.03 bits per heavy atom. The number of hydrogen-bond donors (Lipinski definition) is 2. The highest BCUT2D eigenvalue weighted by atomic mass is 15.3. The maximum atomic E-state index is 6.13. The van der Waals surface area contributed by atoms with Crippen LogP contribution in [0.2, 0.25) is 0 Å². The average Bonchev–Trinajstić information content (AvgIpc) is 3.31. The van der Waals surface area contributed by atoms with Gasteiger partial charge in [0.15, 0.2) is 0 Å². The highest BCUT2D eigenvalue weighted by molar-refractivity contribution is 5.77. The lowest BCUT2D eigenvalue weighted by atomic mass is 9.76. The van der Waals surface area contributed by atoms with Crippen molar-refractivity contribution >= 4 is 17.0 Å². The van der Waals surface area contributed by atoms with Gasteiger partial charge >= 0.3 is 0 Å². The number of nitrogen functional groups attached to an aromatic ring is 1. The molecule has 1 saturated carbocycles. The van der Waals surface area contributed by atoms with Crippen LogP contribution in [-0.4, -0.2) is 25.4 Å². The highest BCUT2D eigenvalue weighted by Crippen LogP contribution is 2.39. The van der Waals surface area contributed by atoms with Gasteiger partial charge in [-0.1, -0.05) is 43.2 Å². The molecular formula is C27H32N6. The fraction of sp³-hybridized carbons (Fsp3) is 0.407. The third-order valence-corrected chi connectivity index (χ3v) is 7.26. The summed E-state index contributed by atoms with van der Waals surface area (Å²) in [6, 6.07) is 17.3. The zero-order chi connectivity index (χ0) is 22.6. The van der Waals surface area contributed by atoms with Crippen molar-refractivity contribution in [2.24, 2.45) is 5.92 Å². The molecule has 33 heavy (non-hydrogen) atoms.